The van der Waals surface area contributed by atoms with E-state index in [1.165, 1.54) is 17.9 Å². The van der Waals surface area contributed by atoms with Crippen LogP contribution in [-0.2, 0) is 6.18 Å². The van der Waals surface area contributed by atoms with Gasteiger partial charge in [0, 0.05) is 19.0 Å². The van der Waals surface area contributed by atoms with Crippen molar-refractivity contribution in [3.8, 4) is 0 Å². The molecular formula is C16H20F4N2O2. The first-order chi connectivity index (χ1) is 11.1. The summed E-state index contributed by atoms with van der Waals surface area (Å²) >= 11 is 0. The van der Waals surface area contributed by atoms with E-state index in [0.29, 0.717) is 25.6 Å². The van der Waals surface area contributed by atoms with Crippen LogP contribution in [-0.4, -0.2) is 35.2 Å². The van der Waals surface area contributed by atoms with Crippen molar-refractivity contribution in [2.75, 3.05) is 13.1 Å². The molecule has 1 aliphatic heterocycles. The number of nitrogens with one attached hydrogen (secondary N) is 1. The maximum absolute atomic E-state index is 13.3. The first-order valence-corrected chi connectivity index (χ1v) is 7.69. The molecule has 4 nitrogen and oxygen atoms in total. The predicted molar refractivity (Wildman–Crippen MR) is 79.7 cm³/mol. The van der Waals surface area contributed by atoms with Gasteiger partial charge in [0.15, 0.2) is 0 Å². The lowest BCUT2D eigenvalue weighted by molar-refractivity contribution is -0.140. The largest absolute Gasteiger partial charge is 0.419 e. The summed E-state index contributed by atoms with van der Waals surface area (Å²) in [5.74, 6) is -1.35. The van der Waals surface area contributed by atoms with Crippen LogP contribution in [0.25, 0.3) is 0 Å². The zero-order chi connectivity index (χ0) is 18.1. The van der Waals surface area contributed by atoms with Crippen molar-refractivity contribution < 1.29 is 27.5 Å². The summed E-state index contributed by atoms with van der Waals surface area (Å²) in [6.07, 6.45) is -4.64. The van der Waals surface area contributed by atoms with E-state index >= 15 is 0 Å². The van der Waals surface area contributed by atoms with E-state index < -0.39 is 35.7 Å². The molecule has 0 saturated carbocycles. The number of amides is 2. The fourth-order valence-electron chi connectivity index (χ4n) is 2.75. The Morgan fingerprint density at radius 3 is 2.58 bits per heavy atom. The number of hydrogen-bond donors (Lipinski definition) is 2. The van der Waals surface area contributed by atoms with Crippen LogP contribution in [0, 0.1) is 11.7 Å². The third-order valence-corrected chi connectivity index (χ3v) is 4.33. The van der Waals surface area contributed by atoms with Gasteiger partial charge in [-0.2, -0.15) is 13.2 Å². The monoisotopic (exact) mass is 348 g/mol. The number of urea groups is 1. The van der Waals surface area contributed by atoms with Crippen LogP contribution in [0.3, 0.4) is 0 Å². The fraction of sp³-hybridized carbons (Fsp3) is 0.562. The van der Waals surface area contributed by atoms with Gasteiger partial charge in [0.1, 0.15) is 5.82 Å². The standard InChI is InChI=1S/C16H20F4N2O2/c1-9(11-3-4-14(17)13(7-11)16(18,19)20)21-15(24)22-6-5-12(8-22)10(2)23/h3-4,7,9-10,12,23H,5-6,8H2,1-2H3,(H,21,24)/t9-,10+,12-/m0/s1. The Balaban J connectivity index is 2.05. The van der Waals surface area contributed by atoms with Gasteiger partial charge in [0.2, 0.25) is 0 Å². The SMILES string of the molecule is C[C@H](NC(=O)N1CC[C@H]([C@@H](C)O)C1)c1ccc(F)c(C(F)(F)F)c1. The average molecular weight is 348 g/mol. The lowest BCUT2D eigenvalue weighted by atomic mass is 10.0. The first kappa shape index (κ1) is 18.5. The van der Waals surface area contributed by atoms with Crippen LogP contribution >= 0.6 is 0 Å². The minimum absolute atomic E-state index is 0.00582. The van der Waals surface area contributed by atoms with Crippen molar-refractivity contribution in [2.24, 2.45) is 5.92 Å². The van der Waals surface area contributed by atoms with Crippen molar-refractivity contribution in [3.63, 3.8) is 0 Å². The maximum Gasteiger partial charge on any atom is 0.419 e. The molecule has 1 aliphatic rings. The summed E-state index contributed by atoms with van der Waals surface area (Å²) in [4.78, 5) is 13.7. The molecule has 0 unspecified atom stereocenters. The van der Waals surface area contributed by atoms with E-state index in [-0.39, 0.29) is 11.5 Å². The van der Waals surface area contributed by atoms with E-state index in [4.69, 9.17) is 0 Å². The van der Waals surface area contributed by atoms with Gasteiger partial charge in [-0.05, 0) is 38.0 Å². The third kappa shape index (κ3) is 4.17. The number of carbonyl (C=O) groups excluding carboxylic acids is 1. The lowest BCUT2D eigenvalue weighted by Gasteiger charge is -2.22. The Labute approximate surface area is 137 Å². The molecule has 1 fully saturated rings. The highest BCUT2D eigenvalue weighted by Crippen LogP contribution is 2.33. The second-order valence-electron chi connectivity index (χ2n) is 6.14. The van der Waals surface area contributed by atoms with Crippen LogP contribution in [0.5, 0.6) is 0 Å². The van der Waals surface area contributed by atoms with E-state index in [2.05, 4.69) is 5.32 Å². The van der Waals surface area contributed by atoms with Crippen LogP contribution in [0.1, 0.15) is 37.4 Å². The molecule has 2 N–H and O–H groups in total. The zero-order valence-corrected chi connectivity index (χ0v) is 13.4. The van der Waals surface area contributed by atoms with Gasteiger partial charge in [-0.25, -0.2) is 9.18 Å². The summed E-state index contributed by atoms with van der Waals surface area (Å²) < 4.78 is 51.6. The van der Waals surface area contributed by atoms with Crippen molar-refractivity contribution in [2.45, 2.75) is 38.6 Å². The molecule has 2 amide bonds. The van der Waals surface area contributed by atoms with Crippen molar-refractivity contribution >= 4 is 6.03 Å². The number of nitrogens with zero attached hydrogens (tertiary/aromatic N) is 1. The Morgan fingerprint density at radius 2 is 2.04 bits per heavy atom. The predicted octanol–water partition coefficient (Wildman–Crippen LogP) is 3.32. The molecular weight excluding hydrogens is 328 g/mol. The number of alkyl halides is 3. The molecule has 0 radical (unpaired) electrons. The quantitative estimate of drug-likeness (QED) is 0.824. The second kappa shape index (κ2) is 6.96. The Bertz CT molecular complexity index is 604. The van der Waals surface area contributed by atoms with Gasteiger partial charge >= 0.3 is 12.2 Å². The molecule has 134 valence electrons. The van der Waals surface area contributed by atoms with E-state index in [1.807, 2.05) is 0 Å². The number of benzene rings is 1. The molecule has 0 spiro atoms. The molecule has 3 atom stereocenters. The normalized spacial score (nSPS) is 20.8. The number of aliphatic hydroxyl groups excluding tert-OH is 1. The third-order valence-electron chi connectivity index (χ3n) is 4.33. The molecule has 1 aromatic carbocycles. The highest BCUT2D eigenvalue weighted by Gasteiger charge is 2.35. The fourth-order valence-corrected chi connectivity index (χ4v) is 2.75. The molecule has 0 aliphatic carbocycles. The first-order valence-electron chi connectivity index (χ1n) is 7.69. The Morgan fingerprint density at radius 1 is 1.38 bits per heavy atom. The number of rotatable bonds is 3. The molecule has 8 heteroatoms. The van der Waals surface area contributed by atoms with Gasteiger partial charge in [0.25, 0.3) is 0 Å². The van der Waals surface area contributed by atoms with E-state index in [1.54, 1.807) is 6.92 Å². The summed E-state index contributed by atoms with van der Waals surface area (Å²) in [5.41, 5.74) is -1.18. The van der Waals surface area contributed by atoms with Gasteiger partial charge in [0.05, 0.1) is 17.7 Å². The molecule has 2 rings (SSSR count). The summed E-state index contributed by atoms with van der Waals surface area (Å²) in [6, 6.07) is 1.56. The highest BCUT2D eigenvalue weighted by molar-refractivity contribution is 5.75. The average Bonchev–Trinajstić information content (AvgIpc) is 2.96. The van der Waals surface area contributed by atoms with Crippen LogP contribution in [0.4, 0.5) is 22.4 Å². The Kier molecular flexibility index (Phi) is 5.37. The molecule has 24 heavy (non-hydrogen) atoms. The van der Waals surface area contributed by atoms with Crippen LogP contribution in [0.15, 0.2) is 18.2 Å². The van der Waals surface area contributed by atoms with Crippen LogP contribution in [0.2, 0.25) is 0 Å². The summed E-state index contributed by atoms with van der Waals surface area (Å²) in [5, 5.41) is 12.2. The van der Waals surface area contributed by atoms with Gasteiger partial charge < -0.3 is 15.3 Å². The number of carbonyl (C=O) groups is 1. The van der Waals surface area contributed by atoms with Crippen LogP contribution < -0.4 is 5.32 Å². The molecule has 0 aromatic heterocycles. The maximum atomic E-state index is 13.3. The molecule has 1 saturated heterocycles. The molecule has 0 bridgehead atoms. The minimum Gasteiger partial charge on any atom is -0.393 e. The van der Waals surface area contributed by atoms with Crippen molar-refractivity contribution in [3.05, 3.63) is 35.1 Å². The van der Waals surface area contributed by atoms with Gasteiger partial charge in [-0.3, -0.25) is 0 Å². The number of likely N-dealkylation sites (tertiary alicyclic amines) is 1. The smallest absolute Gasteiger partial charge is 0.393 e. The summed E-state index contributed by atoms with van der Waals surface area (Å²) in [6.45, 7) is 4.07. The summed E-state index contributed by atoms with van der Waals surface area (Å²) in [7, 11) is 0. The highest BCUT2D eigenvalue weighted by atomic mass is 19.4. The minimum atomic E-state index is -4.79. The number of hydrogen-bond acceptors (Lipinski definition) is 2. The van der Waals surface area contributed by atoms with Crippen molar-refractivity contribution in [1.82, 2.24) is 10.2 Å². The zero-order valence-electron chi connectivity index (χ0n) is 13.4. The molecule has 1 aromatic rings. The molecule has 1 heterocycles. The van der Waals surface area contributed by atoms with Gasteiger partial charge in [-0.1, -0.05) is 6.07 Å². The number of halogens is 4. The van der Waals surface area contributed by atoms with Gasteiger partial charge in [-0.15, -0.1) is 0 Å². The van der Waals surface area contributed by atoms with E-state index in [9.17, 15) is 27.5 Å². The Hall–Kier alpha value is -1.83. The number of aliphatic hydroxyl groups is 1. The second-order valence-corrected chi connectivity index (χ2v) is 6.14. The van der Waals surface area contributed by atoms with E-state index in [0.717, 1.165) is 6.07 Å². The lowest BCUT2D eigenvalue weighted by Crippen LogP contribution is -2.40. The van der Waals surface area contributed by atoms with Crippen molar-refractivity contribution in [1.29, 1.82) is 0 Å². The topological polar surface area (TPSA) is 52.6 Å².